The molecule has 0 atom stereocenters. The Balaban J connectivity index is 0.000000256. The number of phenols is 2. The van der Waals surface area contributed by atoms with Gasteiger partial charge in [-0.15, -0.1) is 0 Å². The van der Waals surface area contributed by atoms with Crippen LogP contribution >= 0.6 is 23.2 Å². The molecule has 0 unspecified atom stereocenters. The molecular weight excluding hydrogens is 639 g/mol. The third-order valence-electron chi connectivity index (χ3n) is 6.75. The number of rotatable bonds is 9. The first-order valence-electron chi connectivity index (χ1n) is 14.7. The summed E-state index contributed by atoms with van der Waals surface area (Å²) >= 11 is 12.1. The Labute approximate surface area is 283 Å². The van der Waals surface area contributed by atoms with E-state index in [9.17, 15) is 24.6 Å². The number of hydrogen-bond acceptors (Lipinski definition) is 6. The Morgan fingerprint density at radius 3 is 1.55 bits per heavy atom. The van der Waals surface area contributed by atoms with Gasteiger partial charge >= 0.3 is 0 Å². The second kappa shape index (κ2) is 16.5. The first-order valence-corrected chi connectivity index (χ1v) is 15.5. The molecule has 0 aliphatic heterocycles. The van der Waals surface area contributed by atoms with Crippen molar-refractivity contribution in [2.24, 2.45) is 17.6 Å². The van der Waals surface area contributed by atoms with E-state index in [1.807, 2.05) is 6.07 Å². The third-order valence-corrected chi connectivity index (χ3v) is 7.37. The van der Waals surface area contributed by atoms with Crippen LogP contribution < -0.4 is 16.4 Å². The second-order valence-electron chi connectivity index (χ2n) is 11.7. The van der Waals surface area contributed by atoms with Gasteiger partial charge in [0.1, 0.15) is 11.5 Å². The molecule has 0 saturated carbocycles. The van der Waals surface area contributed by atoms with Crippen molar-refractivity contribution in [1.29, 1.82) is 5.26 Å². The van der Waals surface area contributed by atoms with Crippen LogP contribution in [-0.2, 0) is 12.8 Å². The van der Waals surface area contributed by atoms with Crippen molar-refractivity contribution < 1.29 is 24.6 Å². The van der Waals surface area contributed by atoms with E-state index in [4.69, 9.17) is 34.2 Å². The summed E-state index contributed by atoms with van der Waals surface area (Å²) < 4.78 is 0. The second-order valence-corrected chi connectivity index (χ2v) is 12.5. The number of nitrogens with one attached hydrogen (secondary N) is 2. The zero-order valence-electron chi connectivity index (χ0n) is 26.4. The van der Waals surface area contributed by atoms with E-state index >= 15 is 0 Å². The number of nitrogens with zero attached hydrogens (tertiary/aromatic N) is 1. The number of benzene rings is 4. The molecule has 0 saturated heterocycles. The zero-order valence-corrected chi connectivity index (χ0v) is 27.9. The summed E-state index contributed by atoms with van der Waals surface area (Å²) in [6, 6.07) is 20.9. The van der Waals surface area contributed by atoms with Crippen LogP contribution in [-0.4, -0.2) is 27.9 Å². The fraction of sp³-hybridized carbons (Fsp3) is 0.222. The largest absolute Gasteiger partial charge is 0.507 e. The van der Waals surface area contributed by atoms with E-state index in [1.165, 1.54) is 36.4 Å². The molecule has 0 aliphatic rings. The molecular formula is C36H36Cl2N4O5. The van der Waals surface area contributed by atoms with E-state index in [0.717, 1.165) is 24.0 Å². The van der Waals surface area contributed by atoms with Gasteiger partial charge in [0.25, 0.3) is 11.8 Å². The first-order chi connectivity index (χ1) is 22.2. The van der Waals surface area contributed by atoms with Gasteiger partial charge in [-0.2, -0.15) is 5.26 Å². The monoisotopic (exact) mass is 674 g/mol. The molecule has 3 amide bonds. The molecule has 4 rings (SSSR count). The number of halogens is 2. The van der Waals surface area contributed by atoms with Crippen molar-refractivity contribution in [1.82, 2.24) is 0 Å². The lowest BCUT2D eigenvalue weighted by molar-refractivity contribution is 0.0996. The summed E-state index contributed by atoms with van der Waals surface area (Å²) in [6.45, 7) is 8.32. The molecule has 0 fully saturated rings. The smallest absolute Gasteiger partial charge is 0.259 e. The van der Waals surface area contributed by atoms with Gasteiger partial charge in [-0.05, 0) is 96.5 Å². The topological polar surface area (TPSA) is 166 Å². The number of carbonyl (C=O) groups excluding carboxylic acids is 3. The quantitative estimate of drug-likeness (QED) is 0.121. The van der Waals surface area contributed by atoms with Crippen molar-refractivity contribution in [2.75, 3.05) is 10.6 Å². The normalized spacial score (nSPS) is 10.5. The molecule has 0 aliphatic carbocycles. The maximum atomic E-state index is 12.4. The maximum Gasteiger partial charge on any atom is 0.259 e. The van der Waals surface area contributed by atoms with Gasteiger partial charge in [-0.3, -0.25) is 14.4 Å². The number of phenolic OH excluding ortho intramolecular Hbond substituents is 2. The minimum absolute atomic E-state index is 0.0835. The highest BCUT2D eigenvalue weighted by molar-refractivity contribution is 6.34. The highest BCUT2D eigenvalue weighted by atomic mass is 35.5. The summed E-state index contributed by atoms with van der Waals surface area (Å²) in [6.07, 6.45) is 1.62. The van der Waals surface area contributed by atoms with E-state index in [0.29, 0.717) is 28.8 Å². The van der Waals surface area contributed by atoms with Crippen molar-refractivity contribution in [3.63, 3.8) is 0 Å². The van der Waals surface area contributed by atoms with Gasteiger partial charge in [0.05, 0.1) is 44.2 Å². The number of aromatic hydroxyl groups is 2. The number of hydrogen-bond donors (Lipinski definition) is 5. The molecule has 4 aromatic rings. The highest BCUT2D eigenvalue weighted by Crippen LogP contribution is 2.28. The summed E-state index contributed by atoms with van der Waals surface area (Å²) in [4.78, 5) is 35.9. The van der Waals surface area contributed by atoms with Crippen LogP contribution in [0.3, 0.4) is 0 Å². The van der Waals surface area contributed by atoms with Gasteiger partial charge in [0, 0.05) is 5.56 Å². The zero-order chi connectivity index (χ0) is 34.8. The molecule has 0 radical (unpaired) electrons. The number of amides is 3. The molecule has 0 heterocycles. The standard InChI is InChI=1S/C18H19ClN2O3.C18H17ClN2O2/c1-10(2)7-11-3-6-16(22)13(8-11)18(24)21-15-5-4-12(17(20)23)9-14(15)19;1-11(2)7-12-4-6-17(22)14(8-12)18(23)21-16-5-3-13(10-20)9-15(16)19/h3-6,8-10,22H,7H2,1-2H3,(H2,20,23)(H,21,24);3-6,8-9,11,22H,7H2,1-2H3,(H,21,23). The van der Waals surface area contributed by atoms with Crippen LogP contribution in [0.4, 0.5) is 11.4 Å². The van der Waals surface area contributed by atoms with E-state index in [2.05, 4.69) is 38.3 Å². The molecule has 6 N–H and O–H groups in total. The Morgan fingerprint density at radius 2 is 1.17 bits per heavy atom. The summed E-state index contributed by atoms with van der Waals surface area (Å²) in [5, 5.41) is 34.5. The van der Waals surface area contributed by atoms with Gasteiger partial charge in [-0.1, -0.05) is 63.0 Å². The van der Waals surface area contributed by atoms with Crippen LogP contribution in [0.5, 0.6) is 11.5 Å². The van der Waals surface area contributed by atoms with Gasteiger partial charge in [-0.25, -0.2) is 0 Å². The highest BCUT2D eigenvalue weighted by Gasteiger charge is 2.16. The van der Waals surface area contributed by atoms with Crippen LogP contribution in [0.2, 0.25) is 10.0 Å². The molecule has 0 bridgehead atoms. The average Bonchev–Trinajstić information content (AvgIpc) is 3.00. The fourth-order valence-electron chi connectivity index (χ4n) is 4.56. The van der Waals surface area contributed by atoms with E-state index in [-0.39, 0.29) is 38.2 Å². The minimum atomic E-state index is -0.603. The van der Waals surface area contributed by atoms with Gasteiger partial charge in [0.2, 0.25) is 5.91 Å². The number of primary amides is 1. The number of nitriles is 1. The Hall–Kier alpha value is -5.04. The Bertz CT molecular complexity index is 1830. The lowest BCUT2D eigenvalue weighted by Gasteiger charge is -2.11. The van der Waals surface area contributed by atoms with Crippen LogP contribution in [0.25, 0.3) is 0 Å². The molecule has 4 aromatic carbocycles. The molecule has 11 heteroatoms. The van der Waals surface area contributed by atoms with E-state index < -0.39 is 17.7 Å². The average molecular weight is 676 g/mol. The number of nitrogens with two attached hydrogens (primary N) is 1. The van der Waals surface area contributed by atoms with Crippen molar-refractivity contribution in [3.8, 4) is 17.6 Å². The lowest BCUT2D eigenvalue weighted by Crippen LogP contribution is -2.14. The SMILES string of the molecule is CC(C)Cc1ccc(O)c(C(=O)Nc2ccc(C#N)cc2Cl)c1.CC(C)Cc1ccc(O)c(C(=O)Nc2ccc(C(N)=O)cc2Cl)c1. The van der Waals surface area contributed by atoms with Crippen molar-refractivity contribution in [3.05, 3.63) is 116 Å². The van der Waals surface area contributed by atoms with Crippen LogP contribution in [0, 0.1) is 23.2 Å². The van der Waals surface area contributed by atoms with Crippen LogP contribution in [0.15, 0.2) is 72.8 Å². The van der Waals surface area contributed by atoms with Gasteiger partial charge in [0.15, 0.2) is 0 Å². The van der Waals surface area contributed by atoms with Crippen molar-refractivity contribution >= 4 is 52.3 Å². The minimum Gasteiger partial charge on any atom is -0.507 e. The lowest BCUT2D eigenvalue weighted by atomic mass is 10.00. The van der Waals surface area contributed by atoms with Crippen LogP contribution in [0.1, 0.15) is 75.5 Å². The van der Waals surface area contributed by atoms with Crippen molar-refractivity contribution in [2.45, 2.75) is 40.5 Å². The molecule has 47 heavy (non-hydrogen) atoms. The number of anilines is 2. The number of carbonyl (C=O) groups is 3. The molecule has 244 valence electrons. The Kier molecular flexibility index (Phi) is 12.8. The predicted molar refractivity (Wildman–Crippen MR) is 185 cm³/mol. The fourth-order valence-corrected chi connectivity index (χ4v) is 5.02. The maximum absolute atomic E-state index is 12.4. The Morgan fingerprint density at radius 1 is 0.723 bits per heavy atom. The van der Waals surface area contributed by atoms with E-state index in [1.54, 1.807) is 36.4 Å². The summed E-state index contributed by atoms with van der Waals surface area (Å²) in [5.74, 6) is -0.838. The molecule has 0 aromatic heterocycles. The third kappa shape index (κ3) is 10.5. The summed E-state index contributed by atoms with van der Waals surface area (Å²) in [5.41, 5.74) is 8.88. The predicted octanol–water partition coefficient (Wildman–Crippen LogP) is 7.96. The molecule has 0 spiro atoms. The van der Waals surface area contributed by atoms with Gasteiger partial charge < -0.3 is 26.6 Å². The first kappa shape index (κ1) is 36.4. The molecule has 9 nitrogen and oxygen atoms in total. The summed E-state index contributed by atoms with van der Waals surface area (Å²) in [7, 11) is 0.